The van der Waals surface area contributed by atoms with Crippen LogP contribution >= 0.6 is 0 Å². The summed E-state index contributed by atoms with van der Waals surface area (Å²) in [5.41, 5.74) is 1.81. The van der Waals surface area contributed by atoms with Crippen molar-refractivity contribution >= 4 is 11.9 Å². The molecule has 3 atom stereocenters. The number of likely N-dealkylation sites (tertiary alicyclic amines) is 1. The molecule has 6 heteroatoms. The lowest BCUT2D eigenvalue weighted by atomic mass is 9.82. The summed E-state index contributed by atoms with van der Waals surface area (Å²) in [5, 5.41) is 12.3. The average Bonchev–Trinajstić information content (AvgIpc) is 3.12. The van der Waals surface area contributed by atoms with Gasteiger partial charge in [0.25, 0.3) is 5.91 Å². The summed E-state index contributed by atoms with van der Waals surface area (Å²) >= 11 is 0. The van der Waals surface area contributed by atoms with E-state index >= 15 is 0 Å². The summed E-state index contributed by atoms with van der Waals surface area (Å²) in [6.07, 6.45) is 0.939. The van der Waals surface area contributed by atoms with Gasteiger partial charge < -0.3 is 20.1 Å². The normalized spacial score (nSPS) is 23.9. The van der Waals surface area contributed by atoms with Crippen molar-refractivity contribution in [3.05, 3.63) is 65.7 Å². The summed E-state index contributed by atoms with van der Waals surface area (Å²) < 4.78 is 5.24. The zero-order valence-electron chi connectivity index (χ0n) is 15.6. The molecule has 0 aromatic heterocycles. The Balaban J connectivity index is 1.57. The number of amides is 1. The molecule has 0 spiro atoms. The Labute approximate surface area is 164 Å². The predicted octanol–water partition coefficient (Wildman–Crippen LogP) is 2.37. The molecule has 0 aliphatic carbocycles. The van der Waals surface area contributed by atoms with Gasteiger partial charge in [-0.1, -0.05) is 36.4 Å². The Morgan fingerprint density at radius 2 is 1.96 bits per heavy atom. The van der Waals surface area contributed by atoms with Crippen LogP contribution in [-0.4, -0.2) is 54.2 Å². The van der Waals surface area contributed by atoms with Crippen LogP contribution in [0.5, 0.6) is 5.75 Å². The second-order valence-corrected chi connectivity index (χ2v) is 7.41. The molecule has 0 bridgehead atoms. The van der Waals surface area contributed by atoms with Crippen molar-refractivity contribution in [2.24, 2.45) is 5.92 Å². The number of nitrogens with zero attached hydrogens (tertiary/aromatic N) is 1. The third kappa shape index (κ3) is 3.73. The van der Waals surface area contributed by atoms with Crippen molar-refractivity contribution in [1.82, 2.24) is 10.2 Å². The topological polar surface area (TPSA) is 78.9 Å². The molecule has 0 unspecified atom stereocenters. The van der Waals surface area contributed by atoms with Crippen LogP contribution in [0, 0.1) is 5.92 Å². The zero-order valence-corrected chi connectivity index (χ0v) is 15.6. The van der Waals surface area contributed by atoms with Crippen molar-refractivity contribution in [3.8, 4) is 5.75 Å². The summed E-state index contributed by atoms with van der Waals surface area (Å²) in [6.45, 7) is 2.10. The molecule has 2 fully saturated rings. The van der Waals surface area contributed by atoms with Crippen LogP contribution in [-0.2, 0) is 4.79 Å². The number of rotatable bonds is 5. The number of hydrogen-bond donors (Lipinski definition) is 2. The smallest absolute Gasteiger partial charge is 0.341 e. The van der Waals surface area contributed by atoms with Crippen LogP contribution in [0.2, 0.25) is 0 Å². The fourth-order valence-corrected chi connectivity index (χ4v) is 4.47. The Morgan fingerprint density at radius 3 is 2.75 bits per heavy atom. The number of nitrogens with one attached hydrogen (secondary N) is 1. The van der Waals surface area contributed by atoms with Gasteiger partial charge >= 0.3 is 5.97 Å². The second-order valence-electron chi connectivity index (χ2n) is 7.41. The molecule has 2 aromatic carbocycles. The van der Waals surface area contributed by atoms with E-state index in [-0.39, 0.29) is 11.9 Å². The average molecular weight is 380 g/mol. The monoisotopic (exact) mass is 380 g/mol. The number of hydrogen-bond acceptors (Lipinski definition) is 4. The molecular formula is C22H24N2O4. The minimum Gasteiger partial charge on any atom is -0.482 e. The third-order valence-corrected chi connectivity index (χ3v) is 5.73. The van der Waals surface area contributed by atoms with E-state index in [1.807, 2.05) is 23.1 Å². The van der Waals surface area contributed by atoms with Gasteiger partial charge in [-0.05, 0) is 36.7 Å². The molecule has 2 N–H and O–H groups in total. The molecule has 0 saturated carbocycles. The van der Waals surface area contributed by atoms with Crippen LogP contribution in [0.4, 0.5) is 0 Å². The molecule has 2 aromatic rings. The van der Waals surface area contributed by atoms with Gasteiger partial charge in [-0.25, -0.2) is 4.79 Å². The number of carbonyl (C=O) groups excluding carboxylic acids is 1. The second kappa shape index (κ2) is 8.02. The van der Waals surface area contributed by atoms with E-state index in [9.17, 15) is 9.59 Å². The minimum absolute atomic E-state index is 0.0175. The van der Waals surface area contributed by atoms with Crippen LogP contribution in [0.3, 0.4) is 0 Å². The van der Waals surface area contributed by atoms with Crippen molar-refractivity contribution in [1.29, 1.82) is 0 Å². The van der Waals surface area contributed by atoms with Crippen LogP contribution in [0.1, 0.15) is 28.3 Å². The first kappa shape index (κ1) is 18.5. The highest BCUT2D eigenvalue weighted by Crippen LogP contribution is 2.40. The van der Waals surface area contributed by atoms with Crippen LogP contribution in [0.25, 0.3) is 0 Å². The molecule has 0 radical (unpaired) electrons. The summed E-state index contributed by atoms with van der Waals surface area (Å²) in [7, 11) is 0. The lowest BCUT2D eigenvalue weighted by molar-refractivity contribution is -0.139. The van der Waals surface area contributed by atoms with E-state index in [0.29, 0.717) is 29.7 Å². The molecular weight excluding hydrogens is 356 g/mol. The lowest BCUT2D eigenvalue weighted by Crippen LogP contribution is -2.46. The Hall–Kier alpha value is -2.86. The first-order chi connectivity index (χ1) is 13.6. The molecule has 1 amide bonds. The maximum atomic E-state index is 13.3. The molecule has 2 aliphatic rings. The van der Waals surface area contributed by atoms with E-state index in [0.717, 1.165) is 19.5 Å². The number of carboxylic acids is 1. The Kier molecular flexibility index (Phi) is 5.30. The van der Waals surface area contributed by atoms with E-state index in [4.69, 9.17) is 9.84 Å². The van der Waals surface area contributed by atoms with E-state index in [2.05, 4.69) is 17.4 Å². The standard InChI is InChI=1S/C22H24N2O4/c25-21(26)14-28-17-8-4-7-16(11-17)22(27)24-13-19(15-5-2-1-3-6-15)18-12-23-10-9-20(18)24/h1-8,11,18-20,23H,9-10,12-14H2,(H,25,26)/t18-,19-,20-/m0/s1. The van der Waals surface area contributed by atoms with Gasteiger partial charge in [0.2, 0.25) is 0 Å². The molecule has 146 valence electrons. The quantitative estimate of drug-likeness (QED) is 0.833. The highest BCUT2D eigenvalue weighted by atomic mass is 16.5. The van der Waals surface area contributed by atoms with Gasteiger partial charge in [-0.3, -0.25) is 4.79 Å². The zero-order chi connectivity index (χ0) is 19.5. The number of ether oxygens (including phenoxy) is 1. The highest BCUT2D eigenvalue weighted by molar-refractivity contribution is 5.95. The lowest BCUT2D eigenvalue weighted by Gasteiger charge is -2.33. The fourth-order valence-electron chi connectivity index (χ4n) is 4.47. The maximum absolute atomic E-state index is 13.3. The predicted molar refractivity (Wildman–Crippen MR) is 105 cm³/mol. The number of benzene rings is 2. The molecule has 6 nitrogen and oxygen atoms in total. The first-order valence-corrected chi connectivity index (χ1v) is 9.65. The fraction of sp³-hybridized carbons (Fsp3) is 0.364. The van der Waals surface area contributed by atoms with Crippen molar-refractivity contribution in [2.75, 3.05) is 26.2 Å². The minimum atomic E-state index is -1.04. The van der Waals surface area contributed by atoms with Gasteiger partial charge in [0.15, 0.2) is 6.61 Å². The third-order valence-electron chi connectivity index (χ3n) is 5.73. The van der Waals surface area contributed by atoms with Gasteiger partial charge in [0.1, 0.15) is 5.75 Å². The van der Waals surface area contributed by atoms with Gasteiger partial charge in [0.05, 0.1) is 0 Å². The van der Waals surface area contributed by atoms with Gasteiger partial charge in [-0.2, -0.15) is 0 Å². The summed E-state index contributed by atoms with van der Waals surface area (Å²) in [6, 6.07) is 17.4. The van der Waals surface area contributed by atoms with Crippen LogP contribution < -0.4 is 10.1 Å². The molecule has 28 heavy (non-hydrogen) atoms. The molecule has 4 rings (SSSR count). The number of piperidine rings is 1. The maximum Gasteiger partial charge on any atom is 0.341 e. The van der Waals surface area contributed by atoms with E-state index < -0.39 is 12.6 Å². The van der Waals surface area contributed by atoms with Crippen molar-refractivity contribution in [3.63, 3.8) is 0 Å². The highest BCUT2D eigenvalue weighted by Gasteiger charge is 2.45. The van der Waals surface area contributed by atoms with Crippen molar-refractivity contribution in [2.45, 2.75) is 18.4 Å². The molecule has 2 saturated heterocycles. The Morgan fingerprint density at radius 1 is 1.14 bits per heavy atom. The van der Waals surface area contributed by atoms with Crippen LogP contribution in [0.15, 0.2) is 54.6 Å². The SMILES string of the molecule is O=C(O)COc1cccc(C(=O)N2C[C@@H](c3ccccc3)[C@@H]3CNCC[C@@H]32)c1. The molecule has 2 heterocycles. The summed E-state index contributed by atoms with van der Waals surface area (Å²) in [5.74, 6) is 0.0467. The van der Waals surface area contributed by atoms with E-state index in [1.165, 1.54) is 5.56 Å². The van der Waals surface area contributed by atoms with Gasteiger partial charge in [-0.15, -0.1) is 0 Å². The number of carbonyl (C=O) groups is 2. The largest absolute Gasteiger partial charge is 0.482 e. The van der Waals surface area contributed by atoms with Gasteiger partial charge in [0, 0.05) is 36.5 Å². The summed E-state index contributed by atoms with van der Waals surface area (Å²) in [4.78, 5) is 26.0. The number of carboxylic acid groups (broad SMARTS) is 1. The van der Waals surface area contributed by atoms with Crippen molar-refractivity contribution < 1.29 is 19.4 Å². The number of fused-ring (bicyclic) bond motifs is 1. The number of aliphatic carboxylic acids is 1. The Bertz CT molecular complexity index is 855. The molecule has 2 aliphatic heterocycles. The first-order valence-electron chi connectivity index (χ1n) is 9.65. The van der Waals surface area contributed by atoms with E-state index in [1.54, 1.807) is 24.3 Å².